The lowest BCUT2D eigenvalue weighted by Crippen LogP contribution is -2.47. The molecule has 0 saturated heterocycles. The molecule has 1 aliphatic heterocycles. The first-order valence-corrected chi connectivity index (χ1v) is 10.4. The van der Waals surface area contributed by atoms with Crippen LogP contribution in [-0.4, -0.2) is 60.6 Å². The molecule has 29 heavy (non-hydrogen) atoms. The van der Waals surface area contributed by atoms with Crippen LogP contribution < -0.4 is 15.5 Å². The molecule has 1 unspecified atom stereocenters. The molecule has 1 aliphatic rings. The Bertz CT molecular complexity index is 775. The van der Waals surface area contributed by atoms with Crippen LogP contribution in [-0.2, 0) is 24.3 Å². The smallest absolute Gasteiger partial charge is 0.191 e. The fourth-order valence-corrected chi connectivity index (χ4v) is 3.64. The van der Waals surface area contributed by atoms with Crippen molar-refractivity contribution in [2.75, 3.05) is 38.7 Å². The minimum Gasteiger partial charge on any atom is -0.377 e. The summed E-state index contributed by atoms with van der Waals surface area (Å²) < 4.78 is 7.12. The van der Waals surface area contributed by atoms with Gasteiger partial charge in [-0.1, -0.05) is 18.2 Å². The van der Waals surface area contributed by atoms with Gasteiger partial charge in [-0.3, -0.25) is 4.99 Å². The number of aromatic nitrogens is 3. The van der Waals surface area contributed by atoms with Crippen molar-refractivity contribution >= 4 is 11.6 Å². The Morgan fingerprint density at radius 2 is 2.17 bits per heavy atom. The zero-order valence-corrected chi connectivity index (χ0v) is 17.8. The number of nitrogens with zero attached hydrogens (tertiary/aromatic N) is 5. The molecule has 8 nitrogen and oxygen atoms in total. The van der Waals surface area contributed by atoms with Gasteiger partial charge in [0.25, 0.3) is 0 Å². The molecule has 8 heteroatoms. The Labute approximate surface area is 173 Å². The normalized spacial score (nSPS) is 16.4. The summed E-state index contributed by atoms with van der Waals surface area (Å²) in [5.41, 5.74) is 1.27. The second-order valence-corrected chi connectivity index (χ2v) is 7.21. The molecule has 0 spiro atoms. The summed E-state index contributed by atoms with van der Waals surface area (Å²) in [7, 11) is 3.48. The van der Waals surface area contributed by atoms with Gasteiger partial charge in [0.15, 0.2) is 11.8 Å². The first kappa shape index (κ1) is 21.1. The molecular weight excluding hydrogens is 366 g/mol. The quantitative estimate of drug-likeness (QED) is 0.380. The number of anilines is 1. The van der Waals surface area contributed by atoms with Crippen LogP contribution in [0.2, 0.25) is 0 Å². The summed E-state index contributed by atoms with van der Waals surface area (Å²) in [6.45, 7) is 6.34. The van der Waals surface area contributed by atoms with Crippen molar-refractivity contribution in [1.82, 2.24) is 25.4 Å². The third-order valence-electron chi connectivity index (χ3n) is 5.14. The van der Waals surface area contributed by atoms with Gasteiger partial charge in [0.2, 0.25) is 0 Å². The van der Waals surface area contributed by atoms with Gasteiger partial charge >= 0.3 is 0 Å². The van der Waals surface area contributed by atoms with Crippen LogP contribution in [0.15, 0.2) is 35.3 Å². The molecule has 2 heterocycles. The maximum atomic E-state index is 5.14. The second-order valence-electron chi connectivity index (χ2n) is 7.21. The van der Waals surface area contributed by atoms with Crippen LogP contribution in [0.1, 0.15) is 31.4 Å². The van der Waals surface area contributed by atoms with Gasteiger partial charge in [-0.25, -0.2) is 9.67 Å². The van der Waals surface area contributed by atoms with Gasteiger partial charge < -0.3 is 20.3 Å². The average molecular weight is 400 g/mol. The van der Waals surface area contributed by atoms with Crippen LogP contribution in [0.5, 0.6) is 0 Å². The summed E-state index contributed by atoms with van der Waals surface area (Å²) in [6, 6.07) is 10.9. The SMILES string of the molecule is CCN(CCCNC(=NC)NC1CCc2nc(COC)nn2C1)c1ccccc1. The molecule has 0 saturated carbocycles. The zero-order valence-electron chi connectivity index (χ0n) is 17.8. The predicted molar refractivity (Wildman–Crippen MR) is 116 cm³/mol. The molecule has 0 fully saturated rings. The fourth-order valence-electron chi connectivity index (χ4n) is 3.64. The predicted octanol–water partition coefficient (Wildman–Crippen LogP) is 1.82. The highest BCUT2D eigenvalue weighted by atomic mass is 16.5. The lowest BCUT2D eigenvalue weighted by atomic mass is 10.1. The maximum Gasteiger partial charge on any atom is 0.191 e. The first-order chi connectivity index (χ1) is 14.2. The summed E-state index contributed by atoms with van der Waals surface area (Å²) in [6.07, 6.45) is 2.97. The van der Waals surface area contributed by atoms with Crippen molar-refractivity contribution in [3.8, 4) is 0 Å². The highest BCUT2D eigenvalue weighted by Crippen LogP contribution is 2.14. The van der Waals surface area contributed by atoms with E-state index >= 15 is 0 Å². The Hall–Kier alpha value is -2.61. The van der Waals surface area contributed by atoms with Crippen LogP contribution in [0, 0.1) is 0 Å². The number of hydrogen-bond acceptors (Lipinski definition) is 5. The van der Waals surface area contributed by atoms with Crippen molar-refractivity contribution in [1.29, 1.82) is 0 Å². The Morgan fingerprint density at radius 1 is 1.34 bits per heavy atom. The van der Waals surface area contributed by atoms with E-state index in [9.17, 15) is 0 Å². The minimum atomic E-state index is 0.294. The number of aryl methyl sites for hydroxylation is 1. The summed E-state index contributed by atoms with van der Waals surface area (Å²) >= 11 is 0. The topological polar surface area (TPSA) is 79.6 Å². The largest absolute Gasteiger partial charge is 0.377 e. The lowest BCUT2D eigenvalue weighted by Gasteiger charge is -2.26. The monoisotopic (exact) mass is 399 g/mol. The highest BCUT2D eigenvalue weighted by Gasteiger charge is 2.22. The van der Waals surface area contributed by atoms with Gasteiger partial charge in [-0.15, -0.1) is 0 Å². The highest BCUT2D eigenvalue weighted by molar-refractivity contribution is 5.79. The average Bonchev–Trinajstić information content (AvgIpc) is 3.15. The summed E-state index contributed by atoms with van der Waals surface area (Å²) in [5.74, 6) is 2.64. The van der Waals surface area contributed by atoms with Crippen LogP contribution in [0.4, 0.5) is 5.69 Å². The third kappa shape index (κ3) is 5.93. The van der Waals surface area contributed by atoms with E-state index in [2.05, 4.69) is 67.9 Å². The Morgan fingerprint density at radius 3 is 2.90 bits per heavy atom. The van der Waals surface area contributed by atoms with Gasteiger partial charge in [-0.2, -0.15) is 5.10 Å². The van der Waals surface area contributed by atoms with Crippen LogP contribution in [0.3, 0.4) is 0 Å². The van der Waals surface area contributed by atoms with Gasteiger partial charge in [0.05, 0.1) is 6.54 Å². The number of rotatable bonds is 9. The number of guanidine groups is 1. The van der Waals surface area contributed by atoms with E-state index in [0.29, 0.717) is 12.6 Å². The van der Waals surface area contributed by atoms with E-state index in [0.717, 1.165) is 63.0 Å². The number of methoxy groups -OCH3 is 1. The fraction of sp³-hybridized carbons (Fsp3) is 0.571. The molecule has 2 N–H and O–H groups in total. The second kappa shape index (κ2) is 10.8. The molecule has 0 amide bonds. The number of nitrogens with one attached hydrogen (secondary N) is 2. The molecule has 0 bridgehead atoms. The molecule has 0 radical (unpaired) electrons. The standard InChI is InChI=1S/C21H33N7O/c1-4-27(18-9-6-5-7-10-18)14-8-13-23-21(22-2)24-17-11-12-20-25-19(16-29-3)26-28(20)15-17/h5-7,9-10,17H,4,8,11-16H2,1-3H3,(H2,22,23,24). The van der Waals surface area contributed by atoms with E-state index in [1.807, 2.05) is 11.7 Å². The molecule has 1 aromatic carbocycles. The molecule has 158 valence electrons. The van der Waals surface area contributed by atoms with E-state index in [-0.39, 0.29) is 0 Å². The summed E-state index contributed by atoms with van der Waals surface area (Å²) in [5, 5.41) is 11.5. The van der Waals surface area contributed by atoms with Crippen molar-refractivity contribution in [2.45, 2.75) is 45.4 Å². The van der Waals surface area contributed by atoms with E-state index < -0.39 is 0 Å². The van der Waals surface area contributed by atoms with Crippen molar-refractivity contribution < 1.29 is 4.74 Å². The van der Waals surface area contributed by atoms with Crippen molar-refractivity contribution in [2.24, 2.45) is 4.99 Å². The summed E-state index contributed by atoms with van der Waals surface area (Å²) in [4.78, 5) is 11.3. The number of aliphatic imine (C=N–C) groups is 1. The van der Waals surface area contributed by atoms with E-state index in [1.54, 1.807) is 7.11 Å². The van der Waals surface area contributed by atoms with Crippen LogP contribution in [0.25, 0.3) is 0 Å². The number of ether oxygens (including phenoxy) is 1. The van der Waals surface area contributed by atoms with Gasteiger partial charge in [-0.05, 0) is 31.9 Å². The molecule has 1 atom stereocenters. The maximum absolute atomic E-state index is 5.14. The lowest BCUT2D eigenvalue weighted by molar-refractivity contribution is 0.177. The minimum absolute atomic E-state index is 0.294. The molecule has 3 rings (SSSR count). The van der Waals surface area contributed by atoms with Crippen molar-refractivity contribution in [3.63, 3.8) is 0 Å². The number of fused-ring (bicyclic) bond motifs is 1. The molecule has 1 aromatic heterocycles. The third-order valence-corrected chi connectivity index (χ3v) is 5.14. The number of hydrogen-bond donors (Lipinski definition) is 2. The molecule has 0 aliphatic carbocycles. The molecular formula is C21H33N7O. The van der Waals surface area contributed by atoms with Gasteiger partial charge in [0, 0.05) is 51.9 Å². The van der Waals surface area contributed by atoms with E-state index in [1.165, 1.54) is 5.69 Å². The van der Waals surface area contributed by atoms with Crippen LogP contribution >= 0.6 is 0 Å². The number of benzene rings is 1. The number of para-hydroxylation sites is 1. The van der Waals surface area contributed by atoms with E-state index in [4.69, 9.17) is 4.74 Å². The Kier molecular flexibility index (Phi) is 7.86. The zero-order chi connectivity index (χ0) is 20.5. The van der Waals surface area contributed by atoms with Gasteiger partial charge in [0.1, 0.15) is 12.4 Å². The first-order valence-electron chi connectivity index (χ1n) is 10.4. The Balaban J connectivity index is 1.42. The van der Waals surface area contributed by atoms with Crippen molar-refractivity contribution in [3.05, 3.63) is 42.0 Å². The molecule has 2 aromatic rings.